The van der Waals surface area contributed by atoms with Gasteiger partial charge in [0.15, 0.2) is 0 Å². The summed E-state index contributed by atoms with van der Waals surface area (Å²) < 4.78 is 0. The van der Waals surface area contributed by atoms with Crippen LogP contribution in [0.5, 0.6) is 0 Å². The third kappa shape index (κ3) is 5.68. The number of hydrogen-bond acceptors (Lipinski definition) is 2. The molecule has 0 heterocycles. The zero-order chi connectivity index (χ0) is 14.9. The second kappa shape index (κ2) is 8.58. The standard InChI is InChI=1S/C18H23ClN2/c1-2-3-5-10-18(19)21-17-13-11-16(12-14-17)20-15-8-6-4-7-9-15/h4,6-9,11-14,18,20-21H,2-3,5,10H2,1H3. The molecule has 0 aliphatic heterocycles. The van der Waals surface area contributed by atoms with Crippen LogP contribution in [0.3, 0.4) is 0 Å². The molecule has 0 aliphatic rings. The molecule has 2 rings (SSSR count). The summed E-state index contributed by atoms with van der Waals surface area (Å²) in [6.45, 7) is 2.20. The van der Waals surface area contributed by atoms with Crippen molar-refractivity contribution in [2.24, 2.45) is 0 Å². The van der Waals surface area contributed by atoms with Crippen molar-refractivity contribution in [1.29, 1.82) is 0 Å². The van der Waals surface area contributed by atoms with Gasteiger partial charge in [-0.05, 0) is 42.8 Å². The quantitative estimate of drug-likeness (QED) is 0.356. The van der Waals surface area contributed by atoms with Gasteiger partial charge in [-0.25, -0.2) is 0 Å². The monoisotopic (exact) mass is 302 g/mol. The third-order valence-electron chi connectivity index (χ3n) is 3.33. The number of halogens is 1. The van der Waals surface area contributed by atoms with Crippen molar-refractivity contribution in [3.05, 3.63) is 54.6 Å². The number of anilines is 3. The molecule has 2 nitrogen and oxygen atoms in total. The molecule has 21 heavy (non-hydrogen) atoms. The van der Waals surface area contributed by atoms with Crippen molar-refractivity contribution in [2.75, 3.05) is 10.6 Å². The minimum absolute atomic E-state index is 0.00415. The van der Waals surface area contributed by atoms with Gasteiger partial charge in [-0.3, -0.25) is 0 Å². The highest BCUT2D eigenvalue weighted by atomic mass is 35.5. The van der Waals surface area contributed by atoms with E-state index in [1.807, 2.05) is 18.2 Å². The number of alkyl halides is 1. The number of benzene rings is 2. The molecule has 3 heteroatoms. The minimum Gasteiger partial charge on any atom is -0.369 e. The van der Waals surface area contributed by atoms with Crippen molar-refractivity contribution in [2.45, 2.75) is 38.1 Å². The second-order valence-electron chi connectivity index (χ2n) is 5.18. The minimum atomic E-state index is 0.00415. The summed E-state index contributed by atoms with van der Waals surface area (Å²) in [5.41, 5.74) is 3.23. The zero-order valence-electron chi connectivity index (χ0n) is 12.5. The maximum atomic E-state index is 6.29. The van der Waals surface area contributed by atoms with Crippen LogP contribution in [0.4, 0.5) is 17.1 Å². The summed E-state index contributed by atoms with van der Waals surface area (Å²) in [5.74, 6) is 0. The molecular formula is C18H23ClN2. The molecule has 2 aromatic carbocycles. The average Bonchev–Trinajstić information content (AvgIpc) is 2.51. The van der Waals surface area contributed by atoms with Gasteiger partial charge in [0.2, 0.25) is 0 Å². The predicted octanol–water partition coefficient (Wildman–Crippen LogP) is 5.99. The first-order valence-corrected chi connectivity index (χ1v) is 8.04. The molecule has 2 N–H and O–H groups in total. The van der Waals surface area contributed by atoms with Crippen LogP contribution < -0.4 is 10.6 Å². The Morgan fingerprint density at radius 1 is 0.857 bits per heavy atom. The van der Waals surface area contributed by atoms with E-state index >= 15 is 0 Å². The molecular weight excluding hydrogens is 280 g/mol. The first-order chi connectivity index (χ1) is 10.3. The molecule has 0 spiro atoms. The third-order valence-corrected chi connectivity index (χ3v) is 3.66. The Hall–Kier alpha value is -1.67. The smallest absolute Gasteiger partial charge is 0.101 e. The summed E-state index contributed by atoms with van der Waals surface area (Å²) in [7, 11) is 0. The summed E-state index contributed by atoms with van der Waals surface area (Å²) >= 11 is 6.29. The number of rotatable bonds is 8. The summed E-state index contributed by atoms with van der Waals surface area (Å²) in [4.78, 5) is 0. The molecule has 2 aromatic rings. The van der Waals surface area contributed by atoms with E-state index < -0.39 is 0 Å². The van der Waals surface area contributed by atoms with Crippen molar-refractivity contribution in [3.63, 3.8) is 0 Å². The Balaban J connectivity index is 1.84. The number of hydrogen-bond donors (Lipinski definition) is 2. The van der Waals surface area contributed by atoms with E-state index in [1.54, 1.807) is 0 Å². The highest BCUT2D eigenvalue weighted by Crippen LogP contribution is 2.20. The van der Waals surface area contributed by atoms with Gasteiger partial charge in [0.25, 0.3) is 0 Å². The van der Waals surface area contributed by atoms with Crippen LogP contribution in [0.15, 0.2) is 54.6 Å². The molecule has 0 amide bonds. The normalized spacial score (nSPS) is 11.9. The molecule has 0 fully saturated rings. The number of unbranched alkanes of at least 4 members (excludes halogenated alkanes) is 2. The highest BCUT2D eigenvalue weighted by Gasteiger charge is 2.03. The van der Waals surface area contributed by atoms with E-state index in [9.17, 15) is 0 Å². The van der Waals surface area contributed by atoms with Crippen LogP contribution in [0.1, 0.15) is 32.6 Å². The summed E-state index contributed by atoms with van der Waals surface area (Å²) in [5, 5.41) is 6.70. The van der Waals surface area contributed by atoms with Gasteiger partial charge in [0.1, 0.15) is 5.50 Å². The summed E-state index contributed by atoms with van der Waals surface area (Å²) in [6.07, 6.45) is 4.64. The largest absolute Gasteiger partial charge is 0.369 e. The predicted molar refractivity (Wildman–Crippen MR) is 93.6 cm³/mol. The van der Waals surface area contributed by atoms with Gasteiger partial charge in [0.05, 0.1) is 0 Å². The van der Waals surface area contributed by atoms with Crippen LogP contribution >= 0.6 is 11.6 Å². The topological polar surface area (TPSA) is 24.1 Å². The molecule has 0 bridgehead atoms. The van der Waals surface area contributed by atoms with Gasteiger partial charge < -0.3 is 10.6 Å². The molecule has 0 radical (unpaired) electrons. The van der Waals surface area contributed by atoms with Crippen molar-refractivity contribution < 1.29 is 0 Å². The Bertz CT molecular complexity index is 511. The maximum Gasteiger partial charge on any atom is 0.101 e. The van der Waals surface area contributed by atoms with Crippen LogP contribution in [0, 0.1) is 0 Å². The molecule has 0 aromatic heterocycles. The van der Waals surface area contributed by atoms with Gasteiger partial charge in [-0.1, -0.05) is 56.0 Å². The zero-order valence-corrected chi connectivity index (χ0v) is 13.2. The lowest BCUT2D eigenvalue weighted by atomic mass is 10.2. The Morgan fingerprint density at radius 2 is 1.48 bits per heavy atom. The van der Waals surface area contributed by atoms with Crippen molar-refractivity contribution in [3.8, 4) is 0 Å². The van der Waals surface area contributed by atoms with Gasteiger partial charge in [-0.2, -0.15) is 0 Å². The van der Waals surface area contributed by atoms with Crippen LogP contribution in [-0.4, -0.2) is 5.50 Å². The average molecular weight is 303 g/mol. The first-order valence-electron chi connectivity index (χ1n) is 7.60. The molecule has 1 atom stereocenters. The maximum absolute atomic E-state index is 6.29. The molecule has 0 saturated heterocycles. The SMILES string of the molecule is CCCCCC(Cl)Nc1ccc(Nc2ccccc2)cc1. The van der Waals surface area contributed by atoms with Crippen molar-refractivity contribution in [1.82, 2.24) is 0 Å². The van der Waals surface area contributed by atoms with Gasteiger partial charge >= 0.3 is 0 Å². The molecule has 0 aliphatic carbocycles. The second-order valence-corrected chi connectivity index (χ2v) is 5.70. The van der Waals surface area contributed by atoms with Gasteiger partial charge in [0, 0.05) is 17.1 Å². The lowest BCUT2D eigenvalue weighted by molar-refractivity contribution is 0.665. The van der Waals surface area contributed by atoms with Crippen LogP contribution in [0.2, 0.25) is 0 Å². The van der Waals surface area contributed by atoms with E-state index in [0.29, 0.717) is 0 Å². The fraction of sp³-hybridized carbons (Fsp3) is 0.333. The lowest BCUT2D eigenvalue weighted by Gasteiger charge is -2.14. The molecule has 112 valence electrons. The number of nitrogens with one attached hydrogen (secondary N) is 2. The van der Waals surface area contributed by atoms with Gasteiger partial charge in [-0.15, -0.1) is 0 Å². The van der Waals surface area contributed by atoms with E-state index in [-0.39, 0.29) is 5.50 Å². The Labute approximate surface area is 132 Å². The lowest BCUT2D eigenvalue weighted by Crippen LogP contribution is -2.11. The van der Waals surface area contributed by atoms with E-state index in [0.717, 1.165) is 23.5 Å². The Kier molecular flexibility index (Phi) is 6.42. The molecule has 1 unspecified atom stereocenters. The van der Waals surface area contributed by atoms with Crippen LogP contribution in [-0.2, 0) is 0 Å². The van der Waals surface area contributed by atoms with E-state index in [1.165, 1.54) is 19.3 Å². The fourth-order valence-corrected chi connectivity index (χ4v) is 2.44. The fourth-order valence-electron chi connectivity index (χ4n) is 2.16. The van der Waals surface area contributed by atoms with Crippen LogP contribution in [0.25, 0.3) is 0 Å². The van der Waals surface area contributed by atoms with E-state index in [4.69, 9.17) is 11.6 Å². The number of para-hydroxylation sites is 1. The first kappa shape index (κ1) is 15.7. The Morgan fingerprint density at radius 3 is 2.14 bits per heavy atom. The van der Waals surface area contributed by atoms with E-state index in [2.05, 4.69) is 54.0 Å². The summed E-state index contributed by atoms with van der Waals surface area (Å²) in [6, 6.07) is 18.4. The van der Waals surface area contributed by atoms with Crippen molar-refractivity contribution >= 4 is 28.7 Å². The molecule has 0 saturated carbocycles. The highest BCUT2D eigenvalue weighted by molar-refractivity contribution is 6.21.